The molecule has 0 radical (unpaired) electrons. The number of hydrogen-bond donors (Lipinski definition) is 2. The second kappa shape index (κ2) is 5.92. The number of Topliss-reactive ketones (excluding diaryl/α,β-unsaturated/α-hetero) is 1. The molecule has 0 fully saturated rings. The fourth-order valence-corrected chi connectivity index (χ4v) is 2.50. The summed E-state index contributed by atoms with van der Waals surface area (Å²) in [6.45, 7) is 1.65. The minimum absolute atomic E-state index is 0.312. The second-order valence-electron chi connectivity index (χ2n) is 5.18. The molecule has 1 aliphatic rings. The van der Waals surface area contributed by atoms with E-state index in [0.29, 0.717) is 23.7 Å². The molecule has 1 heterocycles. The smallest absolute Gasteiger partial charge is 0.457 e. The largest absolute Gasteiger partial charge is 0.491 e. The van der Waals surface area contributed by atoms with Crippen LogP contribution in [0.2, 0.25) is 0 Å². The van der Waals surface area contributed by atoms with E-state index in [2.05, 4.69) is 0 Å². The van der Waals surface area contributed by atoms with Crippen molar-refractivity contribution < 1.29 is 24.3 Å². The molecule has 0 unspecified atom stereocenters. The number of hydrogen-bond acceptors (Lipinski definition) is 5. The van der Waals surface area contributed by atoms with Gasteiger partial charge in [0.2, 0.25) is 0 Å². The van der Waals surface area contributed by atoms with Gasteiger partial charge in [0.05, 0.1) is 6.61 Å². The first kappa shape index (κ1) is 14.8. The van der Waals surface area contributed by atoms with Crippen LogP contribution >= 0.6 is 0 Å². The predicted octanol–water partition coefficient (Wildman–Crippen LogP) is 1.18. The fraction of sp³-hybridized carbons (Fsp3) is 0.188. The molecule has 1 aliphatic heterocycles. The maximum absolute atomic E-state index is 11.5. The van der Waals surface area contributed by atoms with E-state index in [-0.39, 0.29) is 5.78 Å². The van der Waals surface area contributed by atoms with Crippen molar-refractivity contribution in [1.82, 2.24) is 0 Å². The molecule has 112 valence electrons. The molecule has 0 bridgehead atoms. The molecule has 0 aromatic heterocycles. The van der Waals surface area contributed by atoms with Gasteiger partial charge < -0.3 is 19.5 Å². The molecule has 0 aliphatic carbocycles. The van der Waals surface area contributed by atoms with Crippen molar-refractivity contribution in [3.63, 3.8) is 0 Å². The molecule has 22 heavy (non-hydrogen) atoms. The van der Waals surface area contributed by atoms with Gasteiger partial charge in [-0.3, -0.25) is 4.79 Å². The van der Waals surface area contributed by atoms with E-state index in [0.717, 1.165) is 16.6 Å². The van der Waals surface area contributed by atoms with Crippen LogP contribution in [0.3, 0.4) is 0 Å². The van der Waals surface area contributed by atoms with Crippen molar-refractivity contribution in [2.24, 2.45) is 0 Å². The molecule has 0 atom stereocenters. The summed E-state index contributed by atoms with van der Waals surface area (Å²) in [7, 11) is -0.866. The fourth-order valence-electron chi connectivity index (χ4n) is 2.50. The van der Waals surface area contributed by atoms with E-state index in [4.69, 9.17) is 14.5 Å². The number of ketones is 1. The van der Waals surface area contributed by atoms with Gasteiger partial charge in [0, 0.05) is 5.56 Å². The average Bonchev–Trinajstić information content (AvgIpc) is 2.87. The van der Waals surface area contributed by atoms with Gasteiger partial charge in [-0.1, -0.05) is 6.07 Å². The van der Waals surface area contributed by atoms with Gasteiger partial charge in [-0.15, -0.1) is 0 Å². The summed E-state index contributed by atoms with van der Waals surface area (Å²) in [6, 6.07) is 10.4. The number of carbonyl (C=O) groups excluding carboxylic acids is 1. The van der Waals surface area contributed by atoms with Crippen molar-refractivity contribution in [3.8, 4) is 11.5 Å². The molecular weight excluding hydrogens is 283 g/mol. The highest BCUT2D eigenvalue weighted by atomic mass is 16.5. The van der Waals surface area contributed by atoms with Crippen LogP contribution in [0.5, 0.6) is 11.5 Å². The topological polar surface area (TPSA) is 76.0 Å². The zero-order valence-corrected chi connectivity index (χ0v) is 12.1. The van der Waals surface area contributed by atoms with Crippen LogP contribution in [-0.2, 0) is 11.3 Å². The van der Waals surface area contributed by atoms with Crippen LogP contribution in [0.15, 0.2) is 36.4 Å². The summed E-state index contributed by atoms with van der Waals surface area (Å²) in [6.07, 6.45) is 0. The summed E-state index contributed by atoms with van der Waals surface area (Å²) in [4.78, 5) is 11.5. The molecule has 5 nitrogen and oxygen atoms in total. The Hall–Kier alpha value is -2.15. The number of fused-ring (bicyclic) bond motifs is 1. The third kappa shape index (κ3) is 2.76. The lowest BCUT2D eigenvalue weighted by atomic mass is 9.80. The molecule has 2 aromatic rings. The third-order valence-electron chi connectivity index (χ3n) is 3.65. The molecule has 0 saturated heterocycles. The Morgan fingerprint density at radius 3 is 2.73 bits per heavy atom. The third-order valence-corrected chi connectivity index (χ3v) is 3.65. The van der Waals surface area contributed by atoms with Crippen molar-refractivity contribution >= 4 is 18.4 Å². The van der Waals surface area contributed by atoms with Crippen LogP contribution in [-0.4, -0.2) is 29.6 Å². The van der Waals surface area contributed by atoms with Gasteiger partial charge in [0.1, 0.15) is 18.1 Å². The average molecular weight is 298 g/mol. The van der Waals surface area contributed by atoms with Gasteiger partial charge in [0.25, 0.3) is 0 Å². The molecule has 3 rings (SSSR count). The first-order valence-electron chi connectivity index (χ1n) is 6.93. The Balaban J connectivity index is 1.82. The zero-order chi connectivity index (χ0) is 15.7. The molecule has 6 heteroatoms. The van der Waals surface area contributed by atoms with Crippen LogP contribution in [0, 0.1) is 6.92 Å². The second-order valence-corrected chi connectivity index (χ2v) is 5.18. The maximum atomic E-state index is 11.5. The monoisotopic (exact) mass is 298 g/mol. The number of aryl methyl sites for hydroxylation is 1. The number of ether oxygens (including phenoxy) is 1. The minimum Gasteiger partial charge on any atom is -0.457 e. The summed E-state index contributed by atoms with van der Waals surface area (Å²) in [5.41, 5.74) is 2.89. The van der Waals surface area contributed by atoms with E-state index in [1.807, 2.05) is 6.07 Å². The highest BCUT2D eigenvalue weighted by molar-refractivity contribution is 6.61. The number of benzene rings is 2. The Labute approximate surface area is 128 Å². The van der Waals surface area contributed by atoms with Crippen LogP contribution in [0.25, 0.3) is 0 Å². The first-order chi connectivity index (χ1) is 10.6. The van der Waals surface area contributed by atoms with Crippen molar-refractivity contribution in [2.45, 2.75) is 13.5 Å². The lowest BCUT2D eigenvalue weighted by Crippen LogP contribution is -2.27. The lowest BCUT2D eigenvalue weighted by molar-refractivity contribution is 0.0903. The lowest BCUT2D eigenvalue weighted by Gasteiger charge is -2.10. The number of aliphatic hydroxyl groups is 1. The zero-order valence-electron chi connectivity index (χ0n) is 12.1. The van der Waals surface area contributed by atoms with E-state index in [1.54, 1.807) is 37.3 Å². The van der Waals surface area contributed by atoms with Gasteiger partial charge in [-0.25, -0.2) is 0 Å². The minimum atomic E-state index is -0.866. The summed E-state index contributed by atoms with van der Waals surface area (Å²) in [5.74, 6) is 0.927. The van der Waals surface area contributed by atoms with Gasteiger partial charge in [-0.2, -0.15) is 0 Å². The van der Waals surface area contributed by atoms with Crippen LogP contribution in [0.1, 0.15) is 21.5 Å². The normalized spacial score (nSPS) is 13.1. The van der Waals surface area contributed by atoms with Crippen LogP contribution < -0.4 is 10.2 Å². The first-order valence-corrected chi connectivity index (χ1v) is 6.93. The highest BCUT2D eigenvalue weighted by Gasteiger charge is 2.27. The molecular formula is C16H15BO5. The van der Waals surface area contributed by atoms with Crippen molar-refractivity contribution in [1.29, 1.82) is 0 Å². The van der Waals surface area contributed by atoms with Crippen molar-refractivity contribution in [3.05, 3.63) is 53.1 Å². The number of aliphatic hydroxyl groups excluding tert-OH is 1. The Bertz CT molecular complexity index is 728. The summed E-state index contributed by atoms with van der Waals surface area (Å²) >= 11 is 0. The molecule has 2 aromatic carbocycles. The highest BCUT2D eigenvalue weighted by Crippen LogP contribution is 2.25. The molecule has 0 spiro atoms. The maximum Gasteiger partial charge on any atom is 0.491 e. The Morgan fingerprint density at radius 1 is 1.27 bits per heavy atom. The van der Waals surface area contributed by atoms with E-state index in [9.17, 15) is 9.82 Å². The summed E-state index contributed by atoms with van der Waals surface area (Å²) < 4.78 is 10.9. The Morgan fingerprint density at radius 2 is 2.00 bits per heavy atom. The standard InChI is InChI=1S/C16H15BO5/c1-10-6-12(2-4-14(10)16(19)8-18)22-13-3-5-15-11(7-13)9-21-17(15)20/h2-7,18,20H,8-9H2,1H3. The van der Waals surface area contributed by atoms with E-state index >= 15 is 0 Å². The molecule has 0 amide bonds. The van der Waals surface area contributed by atoms with Crippen LogP contribution in [0.4, 0.5) is 0 Å². The summed E-state index contributed by atoms with van der Waals surface area (Å²) in [5, 5.41) is 18.5. The predicted molar refractivity (Wildman–Crippen MR) is 81.5 cm³/mol. The Kier molecular flexibility index (Phi) is 3.98. The number of rotatable bonds is 4. The van der Waals surface area contributed by atoms with E-state index < -0.39 is 13.7 Å². The van der Waals surface area contributed by atoms with Gasteiger partial charge >= 0.3 is 7.12 Å². The SMILES string of the molecule is Cc1cc(Oc2ccc3c(c2)COB3O)ccc1C(=O)CO. The molecule has 0 saturated carbocycles. The quantitative estimate of drug-likeness (QED) is 0.655. The van der Waals surface area contributed by atoms with Crippen molar-refractivity contribution in [2.75, 3.05) is 6.61 Å². The van der Waals surface area contributed by atoms with Gasteiger partial charge in [0.15, 0.2) is 5.78 Å². The van der Waals surface area contributed by atoms with E-state index in [1.165, 1.54) is 0 Å². The molecule has 2 N–H and O–H groups in total. The number of carbonyl (C=O) groups is 1. The van der Waals surface area contributed by atoms with Gasteiger partial charge in [-0.05, 0) is 53.8 Å².